The number of aryl methyl sites for hydroxylation is 1. The molecular formula is C17H24N2O3S. The van der Waals surface area contributed by atoms with Crippen LogP contribution < -0.4 is 0 Å². The molecule has 23 heavy (non-hydrogen) atoms. The fraction of sp³-hybridized carbons (Fsp3) is 0.588. The van der Waals surface area contributed by atoms with E-state index < -0.39 is 16.3 Å². The van der Waals surface area contributed by atoms with E-state index in [4.69, 9.17) is 4.74 Å². The molecule has 1 aromatic rings. The van der Waals surface area contributed by atoms with Gasteiger partial charge in [-0.15, -0.1) is 0 Å². The topological polar surface area (TPSA) is 59.0 Å². The maximum atomic E-state index is 13.0. The summed E-state index contributed by atoms with van der Waals surface area (Å²) in [5.74, 6) is 0. The summed E-state index contributed by atoms with van der Waals surface area (Å²) in [4.78, 5) is 0.277. The Hall–Kier alpha value is -1.40. The number of benzene rings is 1. The van der Waals surface area contributed by atoms with E-state index in [-0.39, 0.29) is 4.90 Å². The first-order chi connectivity index (χ1) is 11.1. The number of sulfonamides is 1. The Morgan fingerprint density at radius 2 is 1.78 bits per heavy atom. The van der Waals surface area contributed by atoms with Gasteiger partial charge in [0.15, 0.2) is 6.23 Å². The minimum atomic E-state index is -3.68. The van der Waals surface area contributed by atoms with Gasteiger partial charge in [0.25, 0.3) is 10.0 Å². The van der Waals surface area contributed by atoms with E-state index in [2.05, 4.69) is 5.10 Å². The third-order valence-corrected chi connectivity index (χ3v) is 6.07. The minimum absolute atomic E-state index is 0.277. The Morgan fingerprint density at radius 1 is 1.09 bits per heavy atom. The van der Waals surface area contributed by atoms with Crippen LogP contribution in [0.3, 0.4) is 0 Å². The van der Waals surface area contributed by atoms with Gasteiger partial charge in [0, 0.05) is 12.3 Å². The van der Waals surface area contributed by atoms with E-state index in [1.807, 2.05) is 19.1 Å². The fourth-order valence-electron chi connectivity index (χ4n) is 3.03. The van der Waals surface area contributed by atoms with E-state index in [0.29, 0.717) is 13.0 Å². The van der Waals surface area contributed by atoms with E-state index in [1.54, 1.807) is 12.1 Å². The normalized spacial score (nSPS) is 22.1. The summed E-state index contributed by atoms with van der Waals surface area (Å²) in [6.45, 7) is 2.53. The molecule has 2 fully saturated rings. The zero-order valence-electron chi connectivity index (χ0n) is 13.6. The highest BCUT2D eigenvalue weighted by Crippen LogP contribution is 2.27. The van der Waals surface area contributed by atoms with Crippen LogP contribution in [-0.4, -0.2) is 31.4 Å². The molecule has 1 unspecified atom stereocenters. The molecule has 1 heterocycles. The molecule has 5 nitrogen and oxygen atoms in total. The van der Waals surface area contributed by atoms with Crippen LogP contribution in [0.5, 0.6) is 0 Å². The fourth-order valence-corrected chi connectivity index (χ4v) is 4.42. The lowest BCUT2D eigenvalue weighted by Gasteiger charge is -2.26. The van der Waals surface area contributed by atoms with Gasteiger partial charge >= 0.3 is 0 Å². The zero-order valence-corrected chi connectivity index (χ0v) is 14.4. The van der Waals surface area contributed by atoms with Crippen molar-refractivity contribution in [3.63, 3.8) is 0 Å². The summed E-state index contributed by atoms with van der Waals surface area (Å²) in [6, 6.07) is 6.92. The quantitative estimate of drug-likeness (QED) is 0.791. The molecule has 1 saturated heterocycles. The van der Waals surface area contributed by atoms with Gasteiger partial charge in [0.1, 0.15) is 0 Å². The molecule has 0 bridgehead atoms. The van der Waals surface area contributed by atoms with Crippen molar-refractivity contribution >= 4 is 15.7 Å². The first kappa shape index (κ1) is 16.5. The molecule has 3 rings (SSSR count). The monoisotopic (exact) mass is 336 g/mol. The molecule has 0 amide bonds. The zero-order chi connectivity index (χ0) is 16.3. The molecule has 1 saturated carbocycles. The Balaban J connectivity index is 1.94. The third-order valence-electron chi connectivity index (χ3n) is 4.39. The average molecular weight is 336 g/mol. The molecule has 1 atom stereocenters. The van der Waals surface area contributed by atoms with E-state index in [0.717, 1.165) is 43.4 Å². The Labute approximate surface area is 138 Å². The van der Waals surface area contributed by atoms with Crippen molar-refractivity contribution in [2.24, 2.45) is 5.10 Å². The maximum Gasteiger partial charge on any atom is 0.281 e. The average Bonchev–Trinajstić information content (AvgIpc) is 3.08. The first-order valence-corrected chi connectivity index (χ1v) is 9.80. The van der Waals surface area contributed by atoms with Crippen LogP contribution in [0.2, 0.25) is 0 Å². The Bertz CT molecular complexity index is 654. The summed E-state index contributed by atoms with van der Waals surface area (Å²) < 4.78 is 32.9. The van der Waals surface area contributed by atoms with E-state index in [9.17, 15) is 8.42 Å². The largest absolute Gasteiger partial charge is 0.356 e. The maximum absolute atomic E-state index is 13.0. The molecule has 126 valence electrons. The third kappa shape index (κ3) is 3.75. The standard InChI is InChI=1S/C17H24N2O3S/c1-14-9-11-16(12-10-14)23(20,21)19(17-8-5-13-22-17)18-15-6-3-2-4-7-15/h9-12,17H,2-8,13H2,1H3. The Kier molecular flexibility index (Phi) is 5.02. The molecule has 0 spiro atoms. The molecular weight excluding hydrogens is 312 g/mol. The molecule has 0 radical (unpaired) electrons. The van der Waals surface area contributed by atoms with Gasteiger partial charge in [-0.25, -0.2) is 0 Å². The van der Waals surface area contributed by atoms with Crippen LogP contribution in [0.4, 0.5) is 0 Å². The van der Waals surface area contributed by atoms with Crippen molar-refractivity contribution in [3.8, 4) is 0 Å². The molecule has 6 heteroatoms. The predicted molar refractivity (Wildman–Crippen MR) is 89.7 cm³/mol. The van der Waals surface area contributed by atoms with Gasteiger partial charge in [0.05, 0.1) is 4.90 Å². The highest BCUT2D eigenvalue weighted by atomic mass is 32.2. The number of rotatable bonds is 4. The smallest absolute Gasteiger partial charge is 0.281 e. The lowest BCUT2D eigenvalue weighted by molar-refractivity contribution is 0.0288. The van der Waals surface area contributed by atoms with Gasteiger partial charge < -0.3 is 4.74 Å². The first-order valence-electron chi connectivity index (χ1n) is 8.36. The highest BCUT2D eigenvalue weighted by Gasteiger charge is 2.34. The van der Waals surface area contributed by atoms with Crippen molar-refractivity contribution in [1.82, 2.24) is 4.41 Å². The second kappa shape index (κ2) is 7.01. The van der Waals surface area contributed by atoms with Gasteiger partial charge in [-0.1, -0.05) is 24.1 Å². The second-order valence-corrected chi connectivity index (χ2v) is 8.08. The molecule has 2 aliphatic rings. The minimum Gasteiger partial charge on any atom is -0.356 e. The number of hydrogen-bond donors (Lipinski definition) is 0. The van der Waals surface area contributed by atoms with Crippen LogP contribution >= 0.6 is 0 Å². The molecule has 1 aliphatic heterocycles. The van der Waals surface area contributed by atoms with Crippen molar-refractivity contribution in [3.05, 3.63) is 29.8 Å². The summed E-state index contributed by atoms with van der Waals surface area (Å²) >= 11 is 0. The van der Waals surface area contributed by atoms with E-state index >= 15 is 0 Å². The van der Waals surface area contributed by atoms with Gasteiger partial charge in [-0.05, 0) is 57.6 Å². The second-order valence-electron chi connectivity index (χ2n) is 6.29. The molecule has 1 aromatic carbocycles. The highest BCUT2D eigenvalue weighted by molar-refractivity contribution is 7.89. The Morgan fingerprint density at radius 3 is 2.39 bits per heavy atom. The summed E-state index contributed by atoms with van der Waals surface area (Å²) in [5, 5.41) is 4.53. The summed E-state index contributed by atoms with van der Waals surface area (Å²) in [5.41, 5.74) is 2.01. The van der Waals surface area contributed by atoms with Gasteiger partial charge in [0.2, 0.25) is 0 Å². The number of nitrogens with zero attached hydrogens (tertiary/aromatic N) is 2. The van der Waals surface area contributed by atoms with Crippen molar-refractivity contribution < 1.29 is 13.2 Å². The van der Waals surface area contributed by atoms with Crippen LogP contribution in [0.15, 0.2) is 34.3 Å². The SMILES string of the molecule is Cc1ccc(S(=O)(=O)N(N=C2CCCCC2)C2CCCO2)cc1. The van der Waals surface area contributed by atoms with E-state index in [1.165, 1.54) is 10.8 Å². The molecule has 1 aliphatic carbocycles. The van der Waals surface area contributed by atoms with Crippen molar-refractivity contribution in [2.45, 2.75) is 63.0 Å². The van der Waals surface area contributed by atoms with Crippen LogP contribution in [0.25, 0.3) is 0 Å². The van der Waals surface area contributed by atoms with Crippen LogP contribution in [0, 0.1) is 6.92 Å². The summed E-state index contributed by atoms with van der Waals surface area (Å²) in [7, 11) is -3.68. The van der Waals surface area contributed by atoms with Crippen molar-refractivity contribution in [2.75, 3.05) is 6.61 Å². The van der Waals surface area contributed by atoms with Gasteiger partial charge in [-0.2, -0.15) is 17.9 Å². The number of hydrogen-bond acceptors (Lipinski definition) is 4. The van der Waals surface area contributed by atoms with Crippen LogP contribution in [0.1, 0.15) is 50.5 Å². The number of hydrazone groups is 1. The van der Waals surface area contributed by atoms with Crippen LogP contribution in [-0.2, 0) is 14.8 Å². The summed E-state index contributed by atoms with van der Waals surface area (Å²) in [6.07, 6.45) is 6.22. The molecule has 0 N–H and O–H groups in total. The lowest BCUT2D eigenvalue weighted by Crippen LogP contribution is -2.37. The van der Waals surface area contributed by atoms with Gasteiger partial charge in [-0.3, -0.25) is 0 Å². The predicted octanol–water partition coefficient (Wildman–Crippen LogP) is 3.44. The molecule has 0 aromatic heterocycles. The lowest BCUT2D eigenvalue weighted by atomic mass is 9.99. The number of ether oxygens (including phenoxy) is 1. The van der Waals surface area contributed by atoms with Crippen molar-refractivity contribution in [1.29, 1.82) is 0 Å².